The molecule has 0 saturated heterocycles. The van der Waals surface area contributed by atoms with Gasteiger partial charge in [0.1, 0.15) is 17.2 Å². The van der Waals surface area contributed by atoms with Gasteiger partial charge in [-0.25, -0.2) is 19.6 Å². The van der Waals surface area contributed by atoms with Gasteiger partial charge in [0.25, 0.3) is 0 Å². The first kappa shape index (κ1) is 12.9. The smallest absolute Gasteiger partial charge is 0.180 e. The maximum absolute atomic E-state index is 6.23. The summed E-state index contributed by atoms with van der Waals surface area (Å²) < 4.78 is 1.36. The third-order valence-corrected chi connectivity index (χ3v) is 4.16. The molecule has 0 spiro atoms. The van der Waals surface area contributed by atoms with Gasteiger partial charge in [-0.1, -0.05) is 24.3 Å². The number of aromatic nitrogens is 5. The van der Waals surface area contributed by atoms with E-state index in [1.807, 2.05) is 48.5 Å². The lowest BCUT2D eigenvalue weighted by molar-refractivity contribution is 1.05. The molecular weight excluding hydrogens is 302 g/mol. The molecule has 0 aliphatic carbocycles. The predicted octanol–water partition coefficient (Wildman–Crippen LogP) is 2.42. The van der Waals surface area contributed by atoms with E-state index < -0.39 is 0 Å². The average Bonchev–Trinajstić information content (AvgIpc) is 3.13. The van der Waals surface area contributed by atoms with E-state index in [4.69, 9.17) is 16.6 Å². The van der Waals surface area contributed by atoms with E-state index in [0.29, 0.717) is 28.4 Å². The second kappa shape index (κ2) is 4.45. The Balaban J connectivity index is 1.90. The summed E-state index contributed by atoms with van der Waals surface area (Å²) in [6.45, 7) is 0. The van der Waals surface area contributed by atoms with Crippen molar-refractivity contribution in [2.24, 2.45) is 0 Å². The van der Waals surface area contributed by atoms with Crippen molar-refractivity contribution >= 4 is 39.0 Å². The maximum Gasteiger partial charge on any atom is 0.180 e. The Hall–Kier alpha value is -3.61. The van der Waals surface area contributed by atoms with Crippen molar-refractivity contribution in [3.63, 3.8) is 0 Å². The van der Waals surface area contributed by atoms with Gasteiger partial charge in [-0.2, -0.15) is 0 Å². The number of rotatable bonds is 1. The monoisotopic (exact) mass is 315 g/mol. The lowest BCUT2D eigenvalue weighted by atomic mass is 10.2. The summed E-state index contributed by atoms with van der Waals surface area (Å²) in [6.07, 6.45) is 0. The fourth-order valence-electron chi connectivity index (χ4n) is 2.99. The molecule has 0 unspecified atom stereocenters. The molecule has 0 amide bonds. The molecule has 3 heterocycles. The summed E-state index contributed by atoms with van der Waals surface area (Å²) in [6, 6.07) is 15.4. The predicted molar refractivity (Wildman–Crippen MR) is 94.7 cm³/mol. The quantitative estimate of drug-likeness (QED) is 0.411. The number of nitrogens with zero attached hydrogens (tertiary/aromatic N) is 4. The van der Waals surface area contributed by atoms with Crippen LogP contribution in [0.2, 0.25) is 0 Å². The SMILES string of the molecule is Nc1c(-c2nc3ccccc3[nH]2)c2nc3ccccc3nc2n1N. The van der Waals surface area contributed by atoms with Crippen LogP contribution in [0.15, 0.2) is 48.5 Å². The molecule has 7 nitrogen and oxygen atoms in total. The van der Waals surface area contributed by atoms with Crippen LogP contribution in [0.3, 0.4) is 0 Å². The minimum Gasteiger partial charge on any atom is -0.383 e. The van der Waals surface area contributed by atoms with Crippen LogP contribution in [0.1, 0.15) is 0 Å². The van der Waals surface area contributed by atoms with Crippen LogP contribution in [0, 0.1) is 0 Å². The van der Waals surface area contributed by atoms with E-state index >= 15 is 0 Å². The van der Waals surface area contributed by atoms with Gasteiger partial charge in [0.05, 0.1) is 27.6 Å². The van der Waals surface area contributed by atoms with E-state index in [9.17, 15) is 0 Å². The molecule has 2 aromatic carbocycles. The van der Waals surface area contributed by atoms with Gasteiger partial charge in [-0.05, 0) is 24.3 Å². The van der Waals surface area contributed by atoms with Crippen molar-refractivity contribution in [3.8, 4) is 11.4 Å². The fraction of sp³-hybridized carbons (Fsp3) is 0. The molecule has 5 aromatic rings. The van der Waals surface area contributed by atoms with E-state index in [1.54, 1.807) is 0 Å². The van der Waals surface area contributed by atoms with Crippen molar-refractivity contribution in [2.45, 2.75) is 0 Å². The second-order valence-electron chi connectivity index (χ2n) is 5.62. The Kier molecular flexibility index (Phi) is 2.39. The summed E-state index contributed by atoms with van der Waals surface area (Å²) >= 11 is 0. The standard InChI is InChI=1S/C17H13N7/c18-15-13(16-21-10-6-2-3-7-11(10)22-16)14-17(24(15)19)23-12-8-4-1-5-9(12)20-14/h1-8H,18-19H2,(H,21,22). The summed E-state index contributed by atoms with van der Waals surface area (Å²) in [7, 11) is 0. The highest BCUT2D eigenvalue weighted by atomic mass is 15.3. The maximum atomic E-state index is 6.23. The summed E-state index contributed by atoms with van der Waals surface area (Å²) in [4.78, 5) is 17.2. The number of hydrogen-bond donors (Lipinski definition) is 3. The number of para-hydroxylation sites is 4. The lowest BCUT2D eigenvalue weighted by Gasteiger charge is -1.98. The number of nitrogen functional groups attached to an aromatic ring is 2. The van der Waals surface area contributed by atoms with Crippen LogP contribution in [-0.2, 0) is 0 Å². The zero-order valence-corrected chi connectivity index (χ0v) is 12.6. The van der Waals surface area contributed by atoms with E-state index in [2.05, 4.69) is 15.0 Å². The second-order valence-corrected chi connectivity index (χ2v) is 5.62. The molecule has 0 radical (unpaired) electrons. The number of fused-ring (bicyclic) bond motifs is 3. The number of anilines is 1. The van der Waals surface area contributed by atoms with Crippen molar-refractivity contribution in [2.75, 3.05) is 11.6 Å². The Labute approximate surface area is 135 Å². The number of aromatic amines is 1. The molecule has 0 atom stereocenters. The molecule has 24 heavy (non-hydrogen) atoms. The number of imidazole rings is 1. The molecule has 0 fully saturated rings. The Morgan fingerprint density at radius 3 is 2.25 bits per heavy atom. The van der Waals surface area contributed by atoms with Crippen LogP contribution < -0.4 is 11.6 Å². The van der Waals surface area contributed by atoms with E-state index in [0.717, 1.165) is 22.1 Å². The molecule has 0 bridgehead atoms. The van der Waals surface area contributed by atoms with Gasteiger partial charge < -0.3 is 16.6 Å². The topological polar surface area (TPSA) is 111 Å². The highest BCUT2D eigenvalue weighted by Gasteiger charge is 2.21. The highest BCUT2D eigenvalue weighted by molar-refractivity contribution is 6.01. The Bertz CT molecular complexity index is 1200. The van der Waals surface area contributed by atoms with Gasteiger partial charge in [0.2, 0.25) is 0 Å². The molecular formula is C17H13N7. The number of hydrogen-bond acceptors (Lipinski definition) is 5. The number of H-pyrrole nitrogens is 1. The van der Waals surface area contributed by atoms with Gasteiger partial charge in [0, 0.05) is 0 Å². The molecule has 5 rings (SSSR count). The summed E-state index contributed by atoms with van der Waals surface area (Å²) in [5.41, 5.74) is 11.4. The molecule has 7 heteroatoms. The molecule has 0 aliphatic heterocycles. The number of nitrogens with two attached hydrogens (primary N) is 2. The minimum atomic E-state index is 0.374. The van der Waals surface area contributed by atoms with Crippen LogP contribution in [0.5, 0.6) is 0 Å². The van der Waals surface area contributed by atoms with Crippen LogP contribution >= 0.6 is 0 Å². The summed E-state index contributed by atoms with van der Waals surface area (Å²) in [5, 5.41) is 0. The van der Waals surface area contributed by atoms with Gasteiger partial charge in [-0.15, -0.1) is 0 Å². The first-order chi connectivity index (χ1) is 11.7. The minimum absolute atomic E-state index is 0.374. The molecule has 116 valence electrons. The van der Waals surface area contributed by atoms with Crippen molar-refractivity contribution in [1.82, 2.24) is 24.6 Å². The van der Waals surface area contributed by atoms with Crippen LogP contribution in [-0.4, -0.2) is 24.6 Å². The van der Waals surface area contributed by atoms with Crippen molar-refractivity contribution in [1.29, 1.82) is 0 Å². The molecule has 0 saturated carbocycles. The molecule has 5 N–H and O–H groups in total. The van der Waals surface area contributed by atoms with Crippen molar-refractivity contribution in [3.05, 3.63) is 48.5 Å². The fourth-order valence-corrected chi connectivity index (χ4v) is 2.99. The van der Waals surface area contributed by atoms with Crippen LogP contribution in [0.4, 0.5) is 5.82 Å². The highest BCUT2D eigenvalue weighted by Crippen LogP contribution is 2.34. The van der Waals surface area contributed by atoms with Crippen LogP contribution in [0.25, 0.3) is 44.6 Å². The number of nitrogens with one attached hydrogen (secondary N) is 1. The first-order valence-corrected chi connectivity index (χ1v) is 7.49. The van der Waals surface area contributed by atoms with E-state index in [1.165, 1.54) is 4.68 Å². The van der Waals surface area contributed by atoms with E-state index in [-0.39, 0.29) is 0 Å². The third-order valence-electron chi connectivity index (χ3n) is 4.16. The lowest BCUT2D eigenvalue weighted by Crippen LogP contribution is -2.12. The van der Waals surface area contributed by atoms with Gasteiger partial charge in [0.15, 0.2) is 5.65 Å². The van der Waals surface area contributed by atoms with Gasteiger partial charge >= 0.3 is 0 Å². The normalized spacial score (nSPS) is 11.7. The first-order valence-electron chi connectivity index (χ1n) is 7.49. The zero-order chi connectivity index (χ0) is 16.3. The average molecular weight is 315 g/mol. The largest absolute Gasteiger partial charge is 0.383 e. The van der Waals surface area contributed by atoms with Gasteiger partial charge in [-0.3, -0.25) is 0 Å². The molecule has 3 aromatic heterocycles. The third kappa shape index (κ3) is 1.63. The summed E-state index contributed by atoms with van der Waals surface area (Å²) in [5.74, 6) is 7.12. The zero-order valence-electron chi connectivity index (χ0n) is 12.6. The Morgan fingerprint density at radius 2 is 1.50 bits per heavy atom. The van der Waals surface area contributed by atoms with Crippen molar-refractivity contribution < 1.29 is 0 Å². The Morgan fingerprint density at radius 1 is 0.833 bits per heavy atom. The molecule has 0 aliphatic rings. The number of benzene rings is 2.